The number of amidine groups is 1. The van der Waals surface area contributed by atoms with Gasteiger partial charge in [0.25, 0.3) is 0 Å². The van der Waals surface area contributed by atoms with Crippen LogP contribution >= 0.6 is 11.8 Å². The number of methoxy groups -OCH3 is 1. The predicted molar refractivity (Wildman–Crippen MR) is 115 cm³/mol. The van der Waals surface area contributed by atoms with Gasteiger partial charge in [-0.05, 0) is 42.9 Å². The highest BCUT2D eigenvalue weighted by molar-refractivity contribution is 8.16. The van der Waals surface area contributed by atoms with E-state index in [9.17, 15) is 14.0 Å². The van der Waals surface area contributed by atoms with Gasteiger partial charge in [0, 0.05) is 18.8 Å². The third kappa shape index (κ3) is 4.83. The zero-order valence-electron chi connectivity index (χ0n) is 17.4. The normalized spacial score (nSPS) is 20.2. The van der Waals surface area contributed by atoms with Gasteiger partial charge in [0.05, 0.1) is 30.3 Å². The van der Waals surface area contributed by atoms with E-state index in [2.05, 4.69) is 10.3 Å². The van der Waals surface area contributed by atoms with Gasteiger partial charge in [0.2, 0.25) is 5.91 Å². The number of hydrogen-bond donors (Lipinski definition) is 1. The monoisotopic (exact) mass is 445 g/mol. The molecular weight excluding hydrogens is 421 g/mol. The van der Waals surface area contributed by atoms with E-state index in [-0.39, 0.29) is 37.4 Å². The van der Waals surface area contributed by atoms with Crippen molar-refractivity contribution in [2.75, 3.05) is 20.3 Å². The van der Waals surface area contributed by atoms with Crippen molar-refractivity contribution in [3.05, 3.63) is 58.0 Å². The topological polar surface area (TPSA) is 80.2 Å². The quantitative estimate of drug-likeness (QED) is 0.489. The number of carbonyl (C=O) groups is 2. The molecule has 2 aliphatic heterocycles. The van der Waals surface area contributed by atoms with Crippen molar-refractivity contribution < 1.29 is 23.5 Å². The number of fused-ring (bicyclic) bond motifs is 1. The van der Waals surface area contributed by atoms with Gasteiger partial charge in [-0.25, -0.2) is 14.2 Å². The van der Waals surface area contributed by atoms with Gasteiger partial charge >= 0.3 is 5.97 Å². The molecule has 0 saturated heterocycles. The van der Waals surface area contributed by atoms with Crippen LogP contribution in [0.1, 0.15) is 37.8 Å². The highest BCUT2D eigenvalue weighted by Gasteiger charge is 2.41. The summed E-state index contributed by atoms with van der Waals surface area (Å²) < 4.78 is 24.0. The first-order valence-electron chi connectivity index (χ1n) is 10.1. The minimum atomic E-state index is -0.571. The molecule has 1 amide bonds. The Morgan fingerprint density at radius 1 is 1.26 bits per heavy atom. The van der Waals surface area contributed by atoms with Crippen LogP contribution in [0.25, 0.3) is 0 Å². The first kappa shape index (κ1) is 21.6. The molecule has 1 aromatic rings. The minimum absolute atomic E-state index is 0.0658. The number of nitrogens with zero attached hydrogens (tertiary/aromatic N) is 2. The first-order valence-corrected chi connectivity index (χ1v) is 11.0. The third-order valence-corrected chi connectivity index (χ3v) is 6.10. The molecule has 164 valence electrons. The number of nitrogens with one attached hydrogen (secondary N) is 1. The van der Waals surface area contributed by atoms with Crippen LogP contribution in [0.5, 0.6) is 0 Å². The Hall–Kier alpha value is -2.65. The lowest BCUT2D eigenvalue weighted by molar-refractivity contribution is -0.141. The summed E-state index contributed by atoms with van der Waals surface area (Å²) in [6.07, 6.45) is 2.19. The van der Waals surface area contributed by atoms with Gasteiger partial charge in [-0.3, -0.25) is 4.79 Å². The fraction of sp³-hybridized carbons (Fsp3) is 0.409. The Kier molecular flexibility index (Phi) is 6.43. The second-order valence-corrected chi connectivity index (χ2v) is 8.43. The van der Waals surface area contributed by atoms with E-state index in [1.807, 2.05) is 10.3 Å². The summed E-state index contributed by atoms with van der Waals surface area (Å²) in [5.41, 5.74) is 2.35. The Morgan fingerprint density at radius 3 is 2.68 bits per heavy atom. The van der Waals surface area contributed by atoms with E-state index in [0.717, 1.165) is 18.5 Å². The fourth-order valence-corrected chi connectivity index (χ4v) is 4.52. The molecule has 1 aliphatic carbocycles. The summed E-state index contributed by atoms with van der Waals surface area (Å²) in [5, 5.41) is 5.55. The largest absolute Gasteiger partial charge is 0.460 e. The number of hydrogen-bond acceptors (Lipinski definition) is 7. The Bertz CT molecular complexity index is 969. The van der Waals surface area contributed by atoms with Gasteiger partial charge in [-0.1, -0.05) is 23.9 Å². The first-order chi connectivity index (χ1) is 15.0. The lowest BCUT2D eigenvalue weighted by Crippen LogP contribution is -2.38. The zero-order chi connectivity index (χ0) is 22.0. The molecule has 0 aromatic heterocycles. The number of carbonyl (C=O) groups excluding carboxylic acids is 2. The molecule has 0 spiro atoms. The average molecular weight is 446 g/mol. The maximum absolute atomic E-state index is 13.6. The Balaban J connectivity index is 1.66. The number of thioether (sulfide) groups is 1. The lowest BCUT2D eigenvalue weighted by atomic mass is 9.94. The van der Waals surface area contributed by atoms with Crippen molar-refractivity contribution in [2.45, 2.75) is 38.3 Å². The Morgan fingerprint density at radius 2 is 2.00 bits per heavy atom. The molecule has 0 bridgehead atoms. The van der Waals surface area contributed by atoms with E-state index >= 15 is 0 Å². The molecule has 3 aliphatic rings. The van der Waals surface area contributed by atoms with Crippen molar-refractivity contribution in [3.63, 3.8) is 0 Å². The van der Waals surface area contributed by atoms with E-state index in [1.165, 1.54) is 31.0 Å². The maximum Gasteiger partial charge on any atom is 0.338 e. The number of allylic oxidation sites excluding steroid dienone is 1. The zero-order valence-corrected chi connectivity index (χ0v) is 18.2. The molecule has 1 saturated carbocycles. The number of amides is 1. The highest BCUT2D eigenvalue weighted by Crippen LogP contribution is 2.44. The lowest BCUT2D eigenvalue weighted by Gasteiger charge is -2.36. The Labute approximate surface area is 184 Å². The second kappa shape index (κ2) is 9.23. The van der Waals surface area contributed by atoms with E-state index < -0.39 is 12.0 Å². The summed E-state index contributed by atoms with van der Waals surface area (Å²) in [7, 11) is 1.53. The van der Waals surface area contributed by atoms with Gasteiger partial charge < -0.3 is 19.7 Å². The SMILES string of the molecule is COCCOC(=O)C1=C(C)N=C2SC=C(CC(=O)NC3CC3)N2[C@@H]1c1ccc(F)cc1. The van der Waals surface area contributed by atoms with Gasteiger partial charge in [-0.2, -0.15) is 0 Å². The van der Waals surface area contributed by atoms with Crippen LogP contribution in [0, 0.1) is 5.82 Å². The van der Waals surface area contributed by atoms with Crippen molar-refractivity contribution >= 4 is 28.8 Å². The third-order valence-electron chi connectivity index (χ3n) is 5.21. The van der Waals surface area contributed by atoms with Crippen molar-refractivity contribution in [3.8, 4) is 0 Å². The number of rotatable bonds is 8. The minimum Gasteiger partial charge on any atom is -0.460 e. The van der Waals surface area contributed by atoms with E-state index in [4.69, 9.17) is 9.47 Å². The molecule has 1 atom stereocenters. The summed E-state index contributed by atoms with van der Waals surface area (Å²) in [5.74, 6) is -0.942. The fourth-order valence-electron chi connectivity index (χ4n) is 3.56. The number of ether oxygens (including phenoxy) is 2. The number of aliphatic imine (C=N–C) groups is 1. The van der Waals surface area contributed by atoms with Gasteiger partial charge in [-0.15, -0.1) is 0 Å². The van der Waals surface area contributed by atoms with Crippen molar-refractivity contribution in [1.82, 2.24) is 10.2 Å². The molecule has 0 radical (unpaired) electrons. The predicted octanol–water partition coefficient (Wildman–Crippen LogP) is 3.26. The summed E-state index contributed by atoms with van der Waals surface area (Å²) in [6.45, 7) is 2.14. The molecule has 2 heterocycles. The smallest absolute Gasteiger partial charge is 0.338 e. The van der Waals surface area contributed by atoms with Crippen LogP contribution in [0.15, 0.2) is 51.6 Å². The molecule has 31 heavy (non-hydrogen) atoms. The second-order valence-electron chi connectivity index (χ2n) is 7.59. The summed E-state index contributed by atoms with van der Waals surface area (Å²) in [6, 6.07) is 5.69. The van der Waals surface area contributed by atoms with Gasteiger partial charge in [0.15, 0.2) is 5.17 Å². The summed E-state index contributed by atoms with van der Waals surface area (Å²) >= 11 is 1.40. The van der Waals surface area contributed by atoms with Crippen LogP contribution in [0.4, 0.5) is 4.39 Å². The van der Waals surface area contributed by atoms with Crippen LogP contribution in [0.3, 0.4) is 0 Å². The molecule has 1 aromatic carbocycles. The van der Waals surface area contributed by atoms with Crippen LogP contribution in [-0.4, -0.2) is 48.3 Å². The van der Waals surface area contributed by atoms with Crippen LogP contribution in [-0.2, 0) is 19.1 Å². The number of halogens is 1. The van der Waals surface area contributed by atoms with E-state index in [1.54, 1.807) is 19.1 Å². The molecular formula is C22H24FN3O4S. The standard InChI is InChI=1S/C22H24FN3O4S/c1-13-19(21(28)30-10-9-29-2)20(14-3-5-15(23)6-4-14)26-17(12-31-22(26)24-13)11-18(27)25-16-7-8-16/h3-6,12,16,20H,7-11H2,1-2H3,(H,25,27)/t20-/m1/s1. The number of benzene rings is 1. The molecule has 0 unspecified atom stereocenters. The maximum atomic E-state index is 13.6. The molecule has 1 fully saturated rings. The molecule has 4 rings (SSSR count). The van der Waals surface area contributed by atoms with E-state index in [0.29, 0.717) is 22.0 Å². The highest BCUT2D eigenvalue weighted by atomic mass is 32.2. The molecule has 7 nitrogen and oxygen atoms in total. The van der Waals surface area contributed by atoms with Crippen LogP contribution in [0.2, 0.25) is 0 Å². The number of esters is 1. The average Bonchev–Trinajstić information content (AvgIpc) is 3.47. The molecule has 1 N–H and O–H groups in total. The van der Waals surface area contributed by atoms with Gasteiger partial charge in [0.1, 0.15) is 12.4 Å². The van der Waals surface area contributed by atoms with Crippen LogP contribution < -0.4 is 5.32 Å². The van der Waals surface area contributed by atoms with Crippen molar-refractivity contribution in [1.29, 1.82) is 0 Å². The van der Waals surface area contributed by atoms with Crippen molar-refractivity contribution in [2.24, 2.45) is 4.99 Å². The summed E-state index contributed by atoms with van der Waals surface area (Å²) in [4.78, 5) is 31.9. The molecule has 9 heteroatoms.